The number of fused-ring (bicyclic) bond motifs is 1. The molecule has 0 atom stereocenters. The van der Waals surface area contributed by atoms with Gasteiger partial charge >= 0.3 is 0 Å². The fourth-order valence-electron chi connectivity index (χ4n) is 3.15. The van der Waals surface area contributed by atoms with Crippen LogP contribution in [-0.4, -0.2) is 16.3 Å². The molecule has 0 amide bonds. The summed E-state index contributed by atoms with van der Waals surface area (Å²) in [6.45, 7) is 5.75. The summed E-state index contributed by atoms with van der Waals surface area (Å²) in [6.07, 6.45) is 1.63. The Morgan fingerprint density at radius 1 is 1.04 bits per heavy atom. The number of aromatic hydroxyl groups is 1. The first kappa shape index (κ1) is 18.3. The lowest BCUT2D eigenvalue weighted by molar-refractivity contribution is 0.473. The van der Waals surface area contributed by atoms with Gasteiger partial charge in [-0.1, -0.05) is 23.7 Å². The predicted octanol–water partition coefficient (Wildman–Crippen LogP) is 6.53. The molecule has 28 heavy (non-hydrogen) atoms. The highest BCUT2D eigenvalue weighted by molar-refractivity contribution is 6.32. The number of halogens is 1. The first-order valence-electron chi connectivity index (χ1n) is 8.93. The van der Waals surface area contributed by atoms with Crippen molar-refractivity contribution in [1.82, 2.24) is 4.98 Å². The van der Waals surface area contributed by atoms with Crippen molar-refractivity contribution in [3.63, 3.8) is 0 Å². The van der Waals surface area contributed by atoms with E-state index in [2.05, 4.69) is 9.98 Å². The molecule has 0 aliphatic carbocycles. The Kier molecular flexibility index (Phi) is 4.65. The van der Waals surface area contributed by atoms with Gasteiger partial charge in [0.05, 0.1) is 5.69 Å². The highest BCUT2D eigenvalue weighted by Gasteiger charge is 2.11. The van der Waals surface area contributed by atoms with Gasteiger partial charge in [-0.15, -0.1) is 0 Å². The van der Waals surface area contributed by atoms with Crippen LogP contribution < -0.4 is 0 Å². The molecule has 0 radical (unpaired) electrons. The summed E-state index contributed by atoms with van der Waals surface area (Å²) < 4.78 is 5.86. The minimum absolute atomic E-state index is 0.168. The van der Waals surface area contributed by atoms with Crippen molar-refractivity contribution in [3.8, 4) is 17.2 Å². The van der Waals surface area contributed by atoms with Crippen LogP contribution >= 0.6 is 11.6 Å². The zero-order chi connectivity index (χ0) is 19.8. The van der Waals surface area contributed by atoms with Crippen molar-refractivity contribution in [3.05, 3.63) is 75.8 Å². The van der Waals surface area contributed by atoms with Crippen LogP contribution in [0.2, 0.25) is 5.02 Å². The van der Waals surface area contributed by atoms with Crippen LogP contribution in [0.5, 0.6) is 5.75 Å². The number of nitrogens with zero attached hydrogens (tertiary/aromatic N) is 2. The Bertz CT molecular complexity index is 1210. The molecule has 4 rings (SSSR count). The summed E-state index contributed by atoms with van der Waals surface area (Å²) in [4.78, 5) is 9.06. The number of phenolic OH excluding ortho intramolecular Hbond substituents is 1. The summed E-state index contributed by atoms with van der Waals surface area (Å²) in [5, 5.41) is 10.8. The minimum Gasteiger partial charge on any atom is -0.507 e. The lowest BCUT2D eigenvalue weighted by atomic mass is 10.0. The van der Waals surface area contributed by atoms with Gasteiger partial charge in [0, 0.05) is 22.4 Å². The molecule has 0 saturated heterocycles. The number of aliphatic imine (C=N–C) groups is 1. The van der Waals surface area contributed by atoms with Crippen LogP contribution in [0.25, 0.3) is 22.6 Å². The molecule has 5 heteroatoms. The van der Waals surface area contributed by atoms with E-state index in [9.17, 15) is 5.11 Å². The van der Waals surface area contributed by atoms with Gasteiger partial charge in [-0.2, -0.15) is 0 Å². The van der Waals surface area contributed by atoms with E-state index in [-0.39, 0.29) is 5.75 Å². The molecule has 1 N–H and O–H groups in total. The predicted molar refractivity (Wildman–Crippen MR) is 114 cm³/mol. The van der Waals surface area contributed by atoms with Crippen LogP contribution in [0, 0.1) is 20.8 Å². The van der Waals surface area contributed by atoms with Gasteiger partial charge < -0.3 is 9.52 Å². The molecular formula is C23H19ClN2O2. The molecule has 3 aromatic carbocycles. The number of phenols is 1. The highest BCUT2D eigenvalue weighted by atomic mass is 35.5. The summed E-state index contributed by atoms with van der Waals surface area (Å²) in [6, 6.07) is 15.1. The lowest BCUT2D eigenvalue weighted by Gasteiger charge is -2.08. The van der Waals surface area contributed by atoms with Crippen LogP contribution in [0.3, 0.4) is 0 Å². The number of hydrogen-bond donors (Lipinski definition) is 1. The Morgan fingerprint density at radius 3 is 2.50 bits per heavy atom. The molecule has 140 valence electrons. The fraction of sp³-hybridized carbons (Fsp3) is 0.130. The Hall–Kier alpha value is -3.11. The zero-order valence-corrected chi connectivity index (χ0v) is 16.6. The van der Waals surface area contributed by atoms with Crippen LogP contribution in [-0.2, 0) is 0 Å². The molecule has 4 nitrogen and oxygen atoms in total. The topological polar surface area (TPSA) is 58.6 Å². The molecule has 0 aliphatic heterocycles. The number of benzene rings is 3. The van der Waals surface area contributed by atoms with E-state index in [0.29, 0.717) is 16.5 Å². The quantitative estimate of drug-likeness (QED) is 0.404. The van der Waals surface area contributed by atoms with E-state index in [1.165, 1.54) is 0 Å². The Balaban J connectivity index is 1.62. The van der Waals surface area contributed by atoms with Crippen LogP contribution in [0.15, 0.2) is 57.9 Å². The van der Waals surface area contributed by atoms with Crippen molar-refractivity contribution in [2.75, 3.05) is 0 Å². The third kappa shape index (κ3) is 3.27. The van der Waals surface area contributed by atoms with Gasteiger partial charge in [0.15, 0.2) is 5.58 Å². The van der Waals surface area contributed by atoms with E-state index >= 15 is 0 Å². The van der Waals surface area contributed by atoms with Crippen molar-refractivity contribution < 1.29 is 9.52 Å². The average molecular weight is 391 g/mol. The third-order valence-corrected chi connectivity index (χ3v) is 5.37. The van der Waals surface area contributed by atoms with E-state index in [1.807, 2.05) is 63.2 Å². The highest BCUT2D eigenvalue weighted by Crippen LogP contribution is 2.31. The lowest BCUT2D eigenvalue weighted by Crippen LogP contribution is -1.92. The number of aromatic nitrogens is 1. The molecule has 0 bridgehead atoms. The smallest absolute Gasteiger partial charge is 0.227 e. The summed E-state index contributed by atoms with van der Waals surface area (Å²) in [7, 11) is 0. The second-order valence-corrected chi connectivity index (χ2v) is 7.19. The summed E-state index contributed by atoms with van der Waals surface area (Å²) in [5.41, 5.74) is 6.64. The largest absolute Gasteiger partial charge is 0.507 e. The minimum atomic E-state index is 0.168. The molecule has 1 heterocycles. The van der Waals surface area contributed by atoms with Gasteiger partial charge in [0.2, 0.25) is 5.89 Å². The van der Waals surface area contributed by atoms with Crippen LogP contribution in [0.4, 0.5) is 5.69 Å². The van der Waals surface area contributed by atoms with E-state index in [1.54, 1.807) is 12.3 Å². The fourth-order valence-corrected chi connectivity index (χ4v) is 3.31. The molecule has 1 aromatic heterocycles. The van der Waals surface area contributed by atoms with E-state index in [0.717, 1.165) is 39.0 Å². The number of oxazole rings is 1. The van der Waals surface area contributed by atoms with Gasteiger partial charge in [-0.3, -0.25) is 4.99 Å². The normalized spacial score (nSPS) is 11.6. The molecule has 0 saturated carbocycles. The first-order valence-corrected chi connectivity index (χ1v) is 9.31. The second kappa shape index (κ2) is 7.13. The molecule has 4 aromatic rings. The Morgan fingerprint density at radius 2 is 1.79 bits per heavy atom. The van der Waals surface area contributed by atoms with Crippen molar-refractivity contribution >= 4 is 34.6 Å². The third-order valence-electron chi connectivity index (χ3n) is 4.79. The SMILES string of the molecule is Cc1cc(O)c(C=Nc2ccc(-c3nc4c(C)cccc4o3)cc2)c(C)c1Cl. The summed E-state index contributed by atoms with van der Waals surface area (Å²) >= 11 is 6.28. The molecule has 0 spiro atoms. The second-order valence-electron chi connectivity index (χ2n) is 6.81. The van der Waals surface area contributed by atoms with Gasteiger partial charge in [-0.05, 0) is 73.9 Å². The van der Waals surface area contributed by atoms with Crippen molar-refractivity contribution in [2.24, 2.45) is 4.99 Å². The van der Waals surface area contributed by atoms with Gasteiger partial charge in [0.25, 0.3) is 0 Å². The maximum absolute atomic E-state index is 10.2. The zero-order valence-electron chi connectivity index (χ0n) is 15.8. The standard InChI is InChI=1S/C23H19ClN2O2/c1-13-5-4-6-20-22(13)26-23(28-20)16-7-9-17(10-8-16)25-12-18-15(3)21(24)14(2)11-19(18)27/h4-12,27H,1-3H3. The first-order chi connectivity index (χ1) is 13.4. The maximum Gasteiger partial charge on any atom is 0.227 e. The van der Waals surface area contributed by atoms with Crippen molar-refractivity contribution in [2.45, 2.75) is 20.8 Å². The number of hydrogen-bond acceptors (Lipinski definition) is 4. The molecule has 0 unspecified atom stereocenters. The van der Waals surface area contributed by atoms with Gasteiger partial charge in [0.1, 0.15) is 11.3 Å². The maximum atomic E-state index is 10.2. The van der Waals surface area contributed by atoms with E-state index in [4.69, 9.17) is 16.0 Å². The number of para-hydroxylation sites is 1. The molecule has 0 fully saturated rings. The average Bonchev–Trinajstić information content (AvgIpc) is 3.12. The van der Waals surface area contributed by atoms with E-state index < -0.39 is 0 Å². The molecule has 0 aliphatic rings. The number of rotatable bonds is 3. The Labute approximate surface area is 168 Å². The van der Waals surface area contributed by atoms with Gasteiger partial charge in [-0.25, -0.2) is 4.98 Å². The summed E-state index contributed by atoms with van der Waals surface area (Å²) in [5.74, 6) is 0.750. The van der Waals surface area contributed by atoms with Crippen molar-refractivity contribution in [1.29, 1.82) is 0 Å². The monoisotopic (exact) mass is 390 g/mol. The van der Waals surface area contributed by atoms with Crippen LogP contribution in [0.1, 0.15) is 22.3 Å². The molecular weight excluding hydrogens is 372 g/mol. The number of aryl methyl sites for hydroxylation is 2.